The number of benzene rings is 1. The number of hydrogen-bond acceptors (Lipinski definition) is 5. The molecule has 2 bridgehead atoms. The zero-order valence-electron chi connectivity index (χ0n) is 25.3. The third-order valence-electron chi connectivity index (χ3n) is 9.56. The molecule has 3 fully saturated rings. The smallest absolute Gasteiger partial charge is 0.248 e. The number of rotatable bonds is 13. The first kappa shape index (κ1) is 31.0. The number of aliphatic hydroxyl groups is 1. The summed E-state index contributed by atoms with van der Waals surface area (Å²) in [6.07, 6.45) is 5.02. The molecule has 0 saturated carbocycles. The van der Waals surface area contributed by atoms with Gasteiger partial charge in [0.25, 0.3) is 0 Å². The fraction of sp³-hybridized carbons (Fsp3) is 0.606. The summed E-state index contributed by atoms with van der Waals surface area (Å²) < 4.78 is 6.92. The van der Waals surface area contributed by atoms with Crippen LogP contribution in [0.3, 0.4) is 0 Å². The predicted molar refractivity (Wildman–Crippen MR) is 159 cm³/mol. The molecule has 0 aromatic heterocycles. The molecular formula is C33H47N3O5. The lowest BCUT2D eigenvalue weighted by atomic mass is 9.62. The van der Waals surface area contributed by atoms with E-state index in [2.05, 4.69) is 20.1 Å². The third-order valence-corrected chi connectivity index (χ3v) is 9.56. The van der Waals surface area contributed by atoms with Gasteiger partial charge in [0.15, 0.2) is 0 Å². The van der Waals surface area contributed by atoms with Gasteiger partial charge < -0.3 is 24.5 Å². The van der Waals surface area contributed by atoms with Gasteiger partial charge in [0.05, 0.1) is 30.1 Å². The zero-order chi connectivity index (χ0) is 30.1. The van der Waals surface area contributed by atoms with Crippen LogP contribution in [0.2, 0.25) is 0 Å². The number of likely N-dealkylation sites (tertiary alicyclic amines) is 1. The molecular weight excluding hydrogens is 518 g/mol. The second-order valence-corrected chi connectivity index (χ2v) is 12.4. The van der Waals surface area contributed by atoms with Gasteiger partial charge in [0, 0.05) is 25.7 Å². The molecule has 1 N–H and O–H groups in total. The first-order valence-electron chi connectivity index (χ1n) is 15.0. The van der Waals surface area contributed by atoms with Gasteiger partial charge in [-0.2, -0.15) is 0 Å². The van der Waals surface area contributed by atoms with Crippen molar-refractivity contribution in [1.29, 1.82) is 0 Å². The van der Waals surface area contributed by atoms with Crippen molar-refractivity contribution in [1.82, 2.24) is 14.7 Å². The van der Waals surface area contributed by atoms with Gasteiger partial charge in [0.2, 0.25) is 17.7 Å². The van der Waals surface area contributed by atoms with Crippen molar-refractivity contribution in [3.8, 4) is 0 Å². The van der Waals surface area contributed by atoms with Gasteiger partial charge in [-0.25, -0.2) is 0 Å². The van der Waals surface area contributed by atoms with Gasteiger partial charge in [-0.05, 0) is 51.5 Å². The van der Waals surface area contributed by atoms with Crippen LogP contribution in [0.4, 0.5) is 0 Å². The number of carbonyl (C=O) groups is 3. The summed E-state index contributed by atoms with van der Waals surface area (Å²) in [5, 5.41) is 10.7. The Hall–Kier alpha value is -2.97. The van der Waals surface area contributed by atoms with E-state index in [4.69, 9.17) is 4.74 Å². The first-order valence-corrected chi connectivity index (χ1v) is 15.0. The Kier molecular flexibility index (Phi) is 9.14. The Bertz CT molecular complexity index is 1150. The van der Waals surface area contributed by atoms with Crippen molar-refractivity contribution in [3.63, 3.8) is 0 Å². The molecule has 3 heterocycles. The van der Waals surface area contributed by atoms with Crippen LogP contribution in [0.25, 0.3) is 0 Å². The number of ether oxygens (including phenoxy) is 1. The second kappa shape index (κ2) is 12.1. The summed E-state index contributed by atoms with van der Waals surface area (Å²) in [5.41, 5.74) is -1.12. The van der Waals surface area contributed by atoms with Crippen LogP contribution in [0.15, 0.2) is 55.6 Å². The van der Waals surface area contributed by atoms with E-state index in [0.29, 0.717) is 32.5 Å². The van der Waals surface area contributed by atoms with E-state index >= 15 is 0 Å². The topological polar surface area (TPSA) is 90.4 Å². The minimum atomic E-state index is -1.17. The van der Waals surface area contributed by atoms with E-state index in [1.807, 2.05) is 58.0 Å². The fourth-order valence-electron chi connectivity index (χ4n) is 7.63. The molecule has 8 nitrogen and oxygen atoms in total. The summed E-state index contributed by atoms with van der Waals surface area (Å²) in [6.45, 7) is 18.5. The standard InChI is InChI=1S/C33H47N3O5/c1-8-16-34(17-9-2)29(38)26-27-30(39)36(25(21-37)19-24-14-12-11-13-15-24)28(31(40)35(18-10-3)22(4)5)33(27)20-23(6)32(26,7)41-33/h8,10-15,22-23,25-28,37H,1,3,9,16-21H2,2,4-7H3/t23?,25-,26-,27+,28?,32+,33?/m1/s1. The summed E-state index contributed by atoms with van der Waals surface area (Å²) in [6, 6.07) is 7.88. The average molecular weight is 566 g/mol. The zero-order valence-corrected chi connectivity index (χ0v) is 25.3. The molecule has 0 radical (unpaired) electrons. The maximum atomic E-state index is 14.7. The summed E-state index contributed by atoms with van der Waals surface area (Å²) in [4.78, 5) is 48.6. The Morgan fingerprint density at radius 2 is 1.83 bits per heavy atom. The molecule has 3 amide bonds. The van der Waals surface area contributed by atoms with Crippen molar-refractivity contribution in [2.24, 2.45) is 17.8 Å². The number of hydrogen-bond donors (Lipinski definition) is 1. The molecule has 41 heavy (non-hydrogen) atoms. The number of amides is 3. The Morgan fingerprint density at radius 3 is 2.39 bits per heavy atom. The first-order chi connectivity index (χ1) is 19.5. The molecule has 224 valence electrons. The van der Waals surface area contributed by atoms with Crippen LogP contribution in [0, 0.1) is 17.8 Å². The van der Waals surface area contributed by atoms with Gasteiger partial charge in [-0.15, -0.1) is 13.2 Å². The number of aliphatic hydroxyl groups excluding tert-OH is 1. The highest BCUT2D eigenvalue weighted by molar-refractivity contribution is 5.99. The van der Waals surface area contributed by atoms with E-state index in [9.17, 15) is 19.5 Å². The summed E-state index contributed by atoms with van der Waals surface area (Å²) in [5.74, 6) is -2.28. The highest BCUT2D eigenvalue weighted by Gasteiger charge is 2.80. The lowest BCUT2D eigenvalue weighted by Crippen LogP contribution is -2.60. The predicted octanol–water partition coefficient (Wildman–Crippen LogP) is 3.45. The van der Waals surface area contributed by atoms with E-state index in [0.717, 1.165) is 12.0 Å². The van der Waals surface area contributed by atoms with Gasteiger partial charge >= 0.3 is 0 Å². The Balaban J connectivity index is 1.87. The largest absolute Gasteiger partial charge is 0.394 e. The molecule has 3 aliphatic rings. The molecule has 0 aliphatic carbocycles. The molecule has 3 unspecified atom stereocenters. The van der Waals surface area contributed by atoms with E-state index in [-0.39, 0.29) is 36.3 Å². The number of fused-ring (bicyclic) bond motifs is 1. The van der Waals surface area contributed by atoms with Crippen LogP contribution >= 0.6 is 0 Å². The fourth-order valence-corrected chi connectivity index (χ4v) is 7.63. The monoisotopic (exact) mass is 565 g/mol. The van der Waals surface area contributed by atoms with Crippen LogP contribution < -0.4 is 0 Å². The minimum Gasteiger partial charge on any atom is -0.394 e. The van der Waals surface area contributed by atoms with Crippen LogP contribution in [-0.2, 0) is 25.5 Å². The van der Waals surface area contributed by atoms with Crippen molar-refractivity contribution in [2.75, 3.05) is 26.2 Å². The molecule has 3 saturated heterocycles. The van der Waals surface area contributed by atoms with Crippen LogP contribution in [0.5, 0.6) is 0 Å². The van der Waals surface area contributed by atoms with Gasteiger partial charge in [0.1, 0.15) is 11.6 Å². The average Bonchev–Trinajstić information content (AvgIpc) is 3.46. The summed E-state index contributed by atoms with van der Waals surface area (Å²) in [7, 11) is 0. The van der Waals surface area contributed by atoms with E-state index < -0.39 is 35.1 Å². The number of nitrogens with zero attached hydrogens (tertiary/aromatic N) is 3. The lowest BCUT2D eigenvalue weighted by molar-refractivity contribution is -0.158. The van der Waals surface area contributed by atoms with Crippen molar-refractivity contribution in [3.05, 3.63) is 61.2 Å². The molecule has 4 rings (SSSR count). The quantitative estimate of drug-likeness (QED) is 0.370. The molecule has 7 atom stereocenters. The number of carbonyl (C=O) groups excluding carboxylic acids is 3. The highest BCUT2D eigenvalue weighted by Crippen LogP contribution is 2.66. The van der Waals surface area contributed by atoms with E-state index in [1.54, 1.807) is 26.9 Å². The molecule has 3 aliphatic heterocycles. The van der Waals surface area contributed by atoms with Crippen molar-refractivity contribution < 1.29 is 24.2 Å². The molecule has 1 aromatic carbocycles. The van der Waals surface area contributed by atoms with E-state index in [1.165, 1.54) is 0 Å². The highest BCUT2D eigenvalue weighted by atomic mass is 16.5. The van der Waals surface area contributed by atoms with Crippen molar-refractivity contribution in [2.45, 2.75) is 83.2 Å². The maximum Gasteiger partial charge on any atom is 0.248 e. The normalized spacial score (nSPS) is 30.8. The SMILES string of the molecule is C=CCN(CCC)C(=O)[C@H]1[C@H]2C(=O)N([C@@H](CO)Cc3ccccc3)C(C(=O)N(CC=C)C(C)C)C23CC(C)[C@]1(C)O3. The molecule has 1 aromatic rings. The van der Waals surface area contributed by atoms with Crippen LogP contribution in [0.1, 0.15) is 53.0 Å². The van der Waals surface area contributed by atoms with Gasteiger partial charge in [-0.3, -0.25) is 14.4 Å². The van der Waals surface area contributed by atoms with Crippen molar-refractivity contribution >= 4 is 17.7 Å². The Morgan fingerprint density at radius 1 is 1.17 bits per heavy atom. The van der Waals surface area contributed by atoms with Gasteiger partial charge in [-0.1, -0.05) is 56.3 Å². The third kappa shape index (κ3) is 5.03. The molecule has 1 spiro atoms. The van der Waals surface area contributed by atoms with Crippen LogP contribution in [-0.4, -0.2) is 93.1 Å². The second-order valence-electron chi connectivity index (χ2n) is 12.4. The minimum absolute atomic E-state index is 0.0587. The lowest BCUT2D eigenvalue weighted by Gasteiger charge is -2.40. The maximum absolute atomic E-state index is 14.7. The Labute approximate surface area is 245 Å². The summed E-state index contributed by atoms with van der Waals surface area (Å²) >= 11 is 0. The molecule has 8 heteroatoms.